The molecule has 5 nitrogen and oxygen atoms in total. The van der Waals surface area contributed by atoms with E-state index in [1.807, 2.05) is 0 Å². The molecule has 1 aromatic carbocycles. The number of rotatable bonds is 1. The van der Waals surface area contributed by atoms with E-state index >= 15 is 0 Å². The Bertz CT molecular complexity index is 401. The van der Waals surface area contributed by atoms with Crippen LogP contribution < -0.4 is 29.6 Å². The molecule has 0 fully saturated rings. The minimum absolute atomic E-state index is 0. The van der Waals surface area contributed by atoms with Crippen LogP contribution in [0.15, 0.2) is 23.1 Å². The Labute approximate surface area is 104 Å². The molecule has 0 aliphatic rings. The standard InChI is InChI=1S/C7H8O4S.Na.H2O/c1-5-6(8)3-2-4-7(5)12(9,10)11;;/h2-4,8H,1H3,(H,9,10,11);;1H2/q;+1;/p-1. The van der Waals surface area contributed by atoms with Gasteiger partial charge in [-0.25, -0.2) is 8.42 Å². The van der Waals surface area contributed by atoms with Crippen LogP contribution in [0.2, 0.25) is 0 Å². The molecule has 7 heteroatoms. The molecular formula is C7H9NaO5S. The van der Waals surface area contributed by atoms with Gasteiger partial charge in [-0.05, 0) is 19.1 Å². The van der Waals surface area contributed by atoms with E-state index in [2.05, 4.69) is 0 Å². The Morgan fingerprint density at radius 2 is 1.86 bits per heavy atom. The molecule has 0 amide bonds. The summed E-state index contributed by atoms with van der Waals surface area (Å²) in [5.41, 5.74) is 0.0903. The summed E-state index contributed by atoms with van der Waals surface area (Å²) in [5.74, 6) is -0.188. The van der Waals surface area contributed by atoms with Crippen molar-refractivity contribution >= 4 is 10.1 Å². The zero-order valence-corrected chi connectivity index (χ0v) is 10.6. The van der Waals surface area contributed by atoms with Gasteiger partial charge in [0.25, 0.3) is 0 Å². The van der Waals surface area contributed by atoms with Gasteiger partial charge in [-0.3, -0.25) is 0 Å². The van der Waals surface area contributed by atoms with Gasteiger partial charge < -0.3 is 15.1 Å². The van der Waals surface area contributed by atoms with Gasteiger partial charge in [0, 0.05) is 5.56 Å². The number of aromatic hydroxyl groups is 1. The molecule has 1 rings (SSSR count). The first-order chi connectivity index (χ1) is 5.43. The van der Waals surface area contributed by atoms with Crippen LogP contribution in [-0.2, 0) is 10.1 Å². The van der Waals surface area contributed by atoms with Crippen LogP contribution in [0.5, 0.6) is 5.75 Å². The van der Waals surface area contributed by atoms with Crippen molar-refractivity contribution in [3.05, 3.63) is 23.8 Å². The van der Waals surface area contributed by atoms with Gasteiger partial charge in [-0.2, -0.15) is 0 Å². The summed E-state index contributed by atoms with van der Waals surface area (Å²) < 4.78 is 31.6. The molecule has 0 aromatic heterocycles. The van der Waals surface area contributed by atoms with Gasteiger partial charge in [0.05, 0.1) is 4.90 Å². The SMILES string of the molecule is Cc1c(O)cccc1S(=O)(=O)[O-].O.[Na+]. The van der Waals surface area contributed by atoms with E-state index < -0.39 is 10.1 Å². The molecule has 0 saturated carbocycles. The maximum atomic E-state index is 10.5. The van der Waals surface area contributed by atoms with Crippen molar-refractivity contribution in [3.8, 4) is 5.75 Å². The summed E-state index contributed by atoms with van der Waals surface area (Å²) in [6, 6.07) is 3.80. The molecule has 0 heterocycles. The molecule has 0 aliphatic carbocycles. The van der Waals surface area contributed by atoms with Crippen LogP contribution in [0.25, 0.3) is 0 Å². The number of hydrogen-bond acceptors (Lipinski definition) is 4. The minimum atomic E-state index is -4.47. The quantitative estimate of drug-likeness (QED) is 0.403. The zero-order chi connectivity index (χ0) is 9.35. The second-order valence-electron chi connectivity index (χ2n) is 2.35. The Morgan fingerprint density at radius 3 is 2.21 bits per heavy atom. The first kappa shape index (κ1) is 16.3. The van der Waals surface area contributed by atoms with Gasteiger partial charge in [-0.15, -0.1) is 0 Å². The fourth-order valence-electron chi connectivity index (χ4n) is 0.874. The summed E-state index contributed by atoms with van der Waals surface area (Å²) >= 11 is 0. The van der Waals surface area contributed by atoms with E-state index in [9.17, 15) is 13.0 Å². The normalized spacial score (nSPS) is 9.86. The largest absolute Gasteiger partial charge is 1.00 e. The molecule has 0 radical (unpaired) electrons. The second kappa shape index (κ2) is 5.69. The smallest absolute Gasteiger partial charge is 0.744 e. The maximum Gasteiger partial charge on any atom is 1.00 e. The monoisotopic (exact) mass is 228 g/mol. The minimum Gasteiger partial charge on any atom is -0.744 e. The fraction of sp³-hybridized carbons (Fsp3) is 0.143. The second-order valence-corrected chi connectivity index (χ2v) is 3.70. The summed E-state index contributed by atoms with van der Waals surface area (Å²) in [5, 5.41) is 9.06. The first-order valence-electron chi connectivity index (χ1n) is 3.17. The summed E-state index contributed by atoms with van der Waals surface area (Å²) in [6.45, 7) is 1.38. The predicted molar refractivity (Wildman–Crippen MR) is 44.4 cm³/mol. The molecule has 0 unspecified atom stereocenters. The number of benzene rings is 1. The van der Waals surface area contributed by atoms with E-state index in [4.69, 9.17) is 5.11 Å². The first-order valence-corrected chi connectivity index (χ1v) is 4.58. The van der Waals surface area contributed by atoms with Crippen LogP contribution in [-0.4, -0.2) is 23.6 Å². The molecule has 0 aliphatic heterocycles. The third kappa shape index (κ3) is 3.56. The van der Waals surface area contributed by atoms with Crippen LogP contribution in [0, 0.1) is 6.92 Å². The molecule has 3 N–H and O–H groups in total. The van der Waals surface area contributed by atoms with Crippen molar-refractivity contribution in [2.75, 3.05) is 0 Å². The average Bonchev–Trinajstić information content (AvgIpc) is 1.92. The van der Waals surface area contributed by atoms with Gasteiger partial charge in [0.1, 0.15) is 15.9 Å². The molecule has 0 bridgehead atoms. The molecule has 1 aromatic rings. The summed E-state index contributed by atoms with van der Waals surface area (Å²) in [6.07, 6.45) is 0. The van der Waals surface area contributed by atoms with Crippen LogP contribution in [0.4, 0.5) is 0 Å². The van der Waals surface area contributed by atoms with Gasteiger partial charge in [-0.1, -0.05) is 6.07 Å². The van der Waals surface area contributed by atoms with E-state index in [-0.39, 0.29) is 51.2 Å². The molecule has 74 valence electrons. The Balaban J connectivity index is 0. The van der Waals surface area contributed by atoms with Gasteiger partial charge in [0.15, 0.2) is 0 Å². The van der Waals surface area contributed by atoms with E-state index in [1.54, 1.807) is 0 Å². The van der Waals surface area contributed by atoms with Gasteiger partial charge in [0.2, 0.25) is 0 Å². The Morgan fingerprint density at radius 1 is 1.36 bits per heavy atom. The number of hydrogen-bond donors (Lipinski definition) is 1. The molecule has 14 heavy (non-hydrogen) atoms. The third-order valence-electron chi connectivity index (χ3n) is 1.52. The van der Waals surface area contributed by atoms with Crippen molar-refractivity contribution in [2.24, 2.45) is 0 Å². The van der Waals surface area contributed by atoms with Crippen LogP contribution in [0.1, 0.15) is 5.56 Å². The third-order valence-corrected chi connectivity index (χ3v) is 2.51. The Kier molecular flexibility index (Phi) is 6.64. The molecule has 0 atom stereocenters. The van der Waals surface area contributed by atoms with Crippen molar-refractivity contribution in [1.82, 2.24) is 0 Å². The van der Waals surface area contributed by atoms with E-state index in [1.165, 1.54) is 19.1 Å². The van der Waals surface area contributed by atoms with Gasteiger partial charge >= 0.3 is 29.6 Å². The summed E-state index contributed by atoms with van der Waals surface area (Å²) in [7, 11) is -4.47. The average molecular weight is 228 g/mol. The maximum absolute atomic E-state index is 10.5. The zero-order valence-electron chi connectivity index (χ0n) is 7.81. The van der Waals surface area contributed by atoms with E-state index in [0.29, 0.717) is 0 Å². The van der Waals surface area contributed by atoms with Crippen molar-refractivity contribution < 1.29 is 53.1 Å². The number of phenols is 1. The van der Waals surface area contributed by atoms with Crippen LogP contribution in [0.3, 0.4) is 0 Å². The van der Waals surface area contributed by atoms with Crippen molar-refractivity contribution in [3.63, 3.8) is 0 Å². The van der Waals surface area contributed by atoms with Crippen LogP contribution >= 0.6 is 0 Å². The van der Waals surface area contributed by atoms with Crippen molar-refractivity contribution in [2.45, 2.75) is 11.8 Å². The Hall–Kier alpha value is -0.110. The fourth-order valence-corrected chi connectivity index (χ4v) is 1.60. The van der Waals surface area contributed by atoms with Crippen molar-refractivity contribution in [1.29, 1.82) is 0 Å². The number of phenolic OH excluding ortho intramolecular Hbond substituents is 1. The predicted octanol–water partition coefficient (Wildman–Crippen LogP) is -3.22. The molecule has 0 saturated heterocycles. The summed E-state index contributed by atoms with van der Waals surface area (Å²) in [4.78, 5) is -0.373. The van der Waals surface area contributed by atoms with E-state index in [0.717, 1.165) is 6.07 Å². The molecule has 0 spiro atoms. The topological polar surface area (TPSA) is 109 Å². The molecular weight excluding hydrogens is 219 g/mol.